The van der Waals surface area contributed by atoms with Gasteiger partial charge in [-0.3, -0.25) is 4.79 Å². The summed E-state index contributed by atoms with van der Waals surface area (Å²) >= 11 is 0. The fourth-order valence-corrected chi connectivity index (χ4v) is 5.18. The minimum absolute atomic E-state index is 0.0327. The molecule has 6 nitrogen and oxygen atoms in total. The molecule has 1 aliphatic carbocycles. The summed E-state index contributed by atoms with van der Waals surface area (Å²) in [4.78, 5) is 13.0. The number of hydrogen-bond donors (Lipinski definition) is 2. The van der Waals surface area contributed by atoms with Gasteiger partial charge in [0.1, 0.15) is 28.4 Å². The number of amides is 1. The molecule has 1 spiro atoms. The SMILES string of the molecule is CS(=O)Nc1ccc(C2=C(C#N)C(=O)NC3(CCc4cc(OCCCC(F)(F)F)ccc43)C2)cc1. The molecule has 2 aliphatic rings. The Balaban J connectivity index is 1.56. The third-order valence-corrected chi connectivity index (χ3v) is 6.78. The van der Waals surface area contributed by atoms with E-state index < -0.39 is 35.0 Å². The molecular weight excluding hydrogens is 479 g/mol. The number of rotatable bonds is 7. The number of anilines is 1. The summed E-state index contributed by atoms with van der Waals surface area (Å²) in [7, 11) is -1.22. The highest BCUT2D eigenvalue weighted by Crippen LogP contribution is 2.47. The molecule has 0 saturated heterocycles. The van der Waals surface area contributed by atoms with Crippen LogP contribution < -0.4 is 14.8 Å². The van der Waals surface area contributed by atoms with Crippen LogP contribution in [-0.2, 0) is 27.7 Å². The molecule has 2 aromatic rings. The van der Waals surface area contributed by atoms with Crippen LogP contribution in [0.15, 0.2) is 48.0 Å². The maximum absolute atomic E-state index is 13.0. The van der Waals surface area contributed by atoms with Gasteiger partial charge in [0, 0.05) is 24.8 Å². The highest BCUT2D eigenvalue weighted by atomic mass is 32.2. The highest BCUT2D eigenvalue weighted by molar-refractivity contribution is 7.85. The van der Waals surface area contributed by atoms with Gasteiger partial charge in [-0.05, 0) is 65.8 Å². The molecule has 2 atom stereocenters. The van der Waals surface area contributed by atoms with E-state index in [0.29, 0.717) is 36.3 Å². The monoisotopic (exact) mass is 503 g/mol. The van der Waals surface area contributed by atoms with E-state index in [1.54, 1.807) is 30.3 Å². The van der Waals surface area contributed by atoms with Crippen molar-refractivity contribution < 1.29 is 26.9 Å². The van der Waals surface area contributed by atoms with Crippen molar-refractivity contribution in [2.24, 2.45) is 0 Å². The second-order valence-corrected chi connectivity index (χ2v) is 9.81. The van der Waals surface area contributed by atoms with Crippen LogP contribution in [0, 0.1) is 11.3 Å². The zero-order valence-corrected chi connectivity index (χ0v) is 19.8. The molecule has 184 valence electrons. The van der Waals surface area contributed by atoms with E-state index in [9.17, 15) is 27.4 Å². The molecule has 2 N–H and O–H groups in total. The smallest absolute Gasteiger partial charge is 0.389 e. The lowest BCUT2D eigenvalue weighted by Crippen LogP contribution is -2.48. The van der Waals surface area contributed by atoms with Crippen molar-refractivity contribution in [1.82, 2.24) is 5.32 Å². The van der Waals surface area contributed by atoms with Crippen LogP contribution in [0.2, 0.25) is 0 Å². The normalized spacial score (nSPS) is 20.3. The Labute approximate surface area is 203 Å². The van der Waals surface area contributed by atoms with Crippen LogP contribution in [0.25, 0.3) is 5.57 Å². The zero-order chi connectivity index (χ0) is 25.2. The zero-order valence-electron chi connectivity index (χ0n) is 19.0. The van der Waals surface area contributed by atoms with E-state index in [-0.39, 0.29) is 18.6 Å². The number of alkyl halides is 3. The Kier molecular flexibility index (Phi) is 6.90. The van der Waals surface area contributed by atoms with Crippen LogP contribution in [-0.4, -0.2) is 29.2 Å². The first kappa shape index (κ1) is 24.8. The first-order chi connectivity index (χ1) is 16.6. The number of halogens is 3. The predicted octanol–water partition coefficient (Wildman–Crippen LogP) is 4.75. The Bertz CT molecular complexity index is 1240. The Morgan fingerprint density at radius 3 is 2.63 bits per heavy atom. The fraction of sp³-hybridized carbons (Fsp3) is 0.360. The van der Waals surface area contributed by atoms with Crippen molar-refractivity contribution in [2.75, 3.05) is 17.6 Å². The lowest BCUT2D eigenvalue weighted by atomic mass is 9.78. The third-order valence-electron chi connectivity index (χ3n) is 6.25. The average molecular weight is 504 g/mol. The summed E-state index contributed by atoms with van der Waals surface area (Å²) in [5.74, 6) is 0.0564. The van der Waals surface area contributed by atoms with Gasteiger partial charge < -0.3 is 14.8 Å². The largest absolute Gasteiger partial charge is 0.494 e. The Hall–Kier alpha value is -3.32. The van der Waals surface area contributed by atoms with Crippen molar-refractivity contribution in [2.45, 2.75) is 43.8 Å². The highest BCUT2D eigenvalue weighted by Gasteiger charge is 2.45. The van der Waals surface area contributed by atoms with Crippen LogP contribution in [0.5, 0.6) is 5.75 Å². The van der Waals surface area contributed by atoms with Gasteiger partial charge in [-0.1, -0.05) is 18.2 Å². The van der Waals surface area contributed by atoms with E-state index in [1.165, 1.54) is 6.26 Å². The van der Waals surface area contributed by atoms with Crippen LogP contribution in [0.1, 0.15) is 42.4 Å². The molecular formula is C25H24F3N3O3S. The molecule has 0 bridgehead atoms. The first-order valence-corrected chi connectivity index (χ1v) is 12.7. The minimum Gasteiger partial charge on any atom is -0.494 e. The molecule has 0 radical (unpaired) electrons. The molecule has 1 heterocycles. The van der Waals surface area contributed by atoms with E-state index >= 15 is 0 Å². The number of benzene rings is 2. The lowest BCUT2D eigenvalue weighted by molar-refractivity contribution is -0.136. The standard InChI is InChI=1S/C25H24F3N3O3S/c1-35(33)31-18-5-3-16(4-6-18)20-14-24(30-23(32)21(20)15-29)11-9-17-13-19(7-8-22(17)24)34-12-2-10-25(26,27)28/h3-8,13,31H,2,9-12,14H2,1H3,(H,30,32). The van der Waals surface area contributed by atoms with Gasteiger partial charge >= 0.3 is 6.18 Å². The van der Waals surface area contributed by atoms with Crippen molar-refractivity contribution in [3.8, 4) is 11.8 Å². The average Bonchev–Trinajstić information content (AvgIpc) is 3.13. The van der Waals surface area contributed by atoms with Crippen molar-refractivity contribution in [3.63, 3.8) is 0 Å². The van der Waals surface area contributed by atoms with E-state index in [1.807, 2.05) is 18.2 Å². The number of fused-ring (bicyclic) bond motifs is 2. The summed E-state index contributed by atoms with van der Waals surface area (Å²) in [5, 5.41) is 12.7. The second kappa shape index (κ2) is 9.74. The molecule has 4 rings (SSSR count). The van der Waals surface area contributed by atoms with Crippen molar-refractivity contribution >= 4 is 28.2 Å². The summed E-state index contributed by atoms with van der Waals surface area (Å²) in [6, 6.07) is 14.5. The lowest BCUT2D eigenvalue weighted by Gasteiger charge is -2.37. The molecule has 0 aromatic heterocycles. The summed E-state index contributed by atoms with van der Waals surface area (Å²) in [6.07, 6.45) is -1.97. The predicted molar refractivity (Wildman–Crippen MR) is 127 cm³/mol. The molecule has 0 saturated carbocycles. The number of nitriles is 1. The fourth-order valence-electron chi connectivity index (χ4n) is 4.71. The van der Waals surface area contributed by atoms with Gasteiger partial charge in [0.15, 0.2) is 0 Å². The van der Waals surface area contributed by atoms with Crippen LogP contribution in [0.4, 0.5) is 18.9 Å². The molecule has 10 heteroatoms. The topological polar surface area (TPSA) is 91.2 Å². The van der Waals surface area contributed by atoms with Gasteiger partial charge in [-0.15, -0.1) is 0 Å². The molecule has 35 heavy (non-hydrogen) atoms. The Morgan fingerprint density at radius 2 is 1.97 bits per heavy atom. The molecule has 2 aromatic carbocycles. The number of nitrogens with zero attached hydrogens (tertiary/aromatic N) is 1. The van der Waals surface area contributed by atoms with Crippen molar-refractivity contribution in [3.05, 3.63) is 64.7 Å². The maximum atomic E-state index is 13.0. The number of carbonyl (C=O) groups is 1. The quantitative estimate of drug-likeness (QED) is 0.534. The van der Waals surface area contributed by atoms with Gasteiger partial charge in [0.25, 0.3) is 5.91 Å². The molecule has 1 amide bonds. The number of ether oxygens (including phenoxy) is 1. The summed E-state index contributed by atoms with van der Waals surface area (Å²) < 4.78 is 56.8. The summed E-state index contributed by atoms with van der Waals surface area (Å²) in [5.41, 5.74) is 3.30. The van der Waals surface area contributed by atoms with Crippen molar-refractivity contribution in [1.29, 1.82) is 5.26 Å². The van der Waals surface area contributed by atoms with E-state index in [4.69, 9.17) is 4.74 Å². The summed E-state index contributed by atoms with van der Waals surface area (Å²) in [6.45, 7) is -0.0327. The second-order valence-electron chi connectivity index (χ2n) is 8.70. The number of hydrogen-bond acceptors (Lipinski definition) is 4. The molecule has 1 aliphatic heterocycles. The number of nitrogens with one attached hydrogen (secondary N) is 2. The first-order valence-electron chi connectivity index (χ1n) is 11.1. The van der Waals surface area contributed by atoms with Crippen LogP contribution in [0.3, 0.4) is 0 Å². The third kappa shape index (κ3) is 5.51. The van der Waals surface area contributed by atoms with E-state index in [2.05, 4.69) is 10.0 Å². The van der Waals surface area contributed by atoms with Gasteiger partial charge in [0.2, 0.25) is 0 Å². The number of aryl methyl sites for hydroxylation is 1. The molecule has 2 unspecified atom stereocenters. The Morgan fingerprint density at radius 1 is 1.23 bits per heavy atom. The van der Waals surface area contributed by atoms with Crippen LogP contribution >= 0.6 is 0 Å². The maximum Gasteiger partial charge on any atom is 0.389 e. The van der Waals surface area contributed by atoms with Gasteiger partial charge in [-0.25, -0.2) is 4.21 Å². The molecule has 0 fully saturated rings. The van der Waals surface area contributed by atoms with Gasteiger partial charge in [0.05, 0.1) is 12.1 Å². The minimum atomic E-state index is -4.20. The van der Waals surface area contributed by atoms with E-state index in [0.717, 1.165) is 16.7 Å². The van der Waals surface area contributed by atoms with Gasteiger partial charge in [-0.2, -0.15) is 18.4 Å². The number of carbonyl (C=O) groups excluding carboxylic acids is 1.